The van der Waals surface area contributed by atoms with Gasteiger partial charge < -0.3 is 9.13 Å². The minimum atomic E-state index is 0.964. The Morgan fingerprint density at radius 2 is 1.05 bits per heavy atom. The molecule has 0 saturated carbocycles. The molecule has 0 saturated heterocycles. The standard InChI is InChI=1S/C35H22N4/c1-2-10-23(11-3-1)38-30-14-6-4-12-25(30)27-20-24(17-18-32(27)38)39-31-15-7-5-13-26(31)28-21-34-29(22-33(28)39)36-35-16-8-9-19-37(34)35/h1-22H. The highest BCUT2D eigenvalue weighted by Gasteiger charge is 2.17. The average Bonchev–Trinajstić information content (AvgIpc) is 3.63. The first kappa shape index (κ1) is 20.7. The summed E-state index contributed by atoms with van der Waals surface area (Å²) < 4.78 is 6.92. The highest BCUT2D eigenvalue weighted by Crippen LogP contribution is 2.38. The summed E-state index contributed by atoms with van der Waals surface area (Å²) in [4.78, 5) is 4.94. The normalized spacial score (nSPS) is 12.1. The van der Waals surface area contributed by atoms with E-state index in [4.69, 9.17) is 4.98 Å². The van der Waals surface area contributed by atoms with Crippen LogP contribution in [0.1, 0.15) is 0 Å². The molecule has 0 bridgehead atoms. The Hall–Kier alpha value is -5.35. The number of nitrogens with zero attached hydrogens (tertiary/aromatic N) is 4. The second-order valence-electron chi connectivity index (χ2n) is 10.1. The maximum atomic E-state index is 4.94. The summed E-state index contributed by atoms with van der Waals surface area (Å²) in [5.74, 6) is 0. The monoisotopic (exact) mass is 498 g/mol. The van der Waals surface area contributed by atoms with E-state index in [1.807, 2.05) is 6.07 Å². The van der Waals surface area contributed by atoms with Gasteiger partial charge in [0.15, 0.2) is 0 Å². The molecule has 9 rings (SSSR count). The number of para-hydroxylation sites is 3. The Kier molecular flexibility index (Phi) is 4.02. The zero-order valence-corrected chi connectivity index (χ0v) is 21.0. The zero-order valence-electron chi connectivity index (χ0n) is 21.0. The van der Waals surface area contributed by atoms with E-state index in [1.165, 1.54) is 49.3 Å². The molecular formula is C35H22N4. The summed E-state index contributed by atoms with van der Waals surface area (Å²) in [7, 11) is 0. The zero-order chi connectivity index (χ0) is 25.5. The van der Waals surface area contributed by atoms with Crippen LogP contribution < -0.4 is 0 Å². The van der Waals surface area contributed by atoms with Crippen molar-refractivity contribution in [3.8, 4) is 11.4 Å². The number of hydrogen-bond acceptors (Lipinski definition) is 1. The Morgan fingerprint density at radius 3 is 1.85 bits per heavy atom. The van der Waals surface area contributed by atoms with Crippen molar-refractivity contribution >= 4 is 60.3 Å². The molecule has 9 aromatic rings. The van der Waals surface area contributed by atoms with Crippen molar-refractivity contribution in [2.45, 2.75) is 0 Å². The maximum absolute atomic E-state index is 4.94. The van der Waals surface area contributed by atoms with Crippen molar-refractivity contribution in [1.82, 2.24) is 18.5 Å². The Bertz CT molecular complexity index is 2390. The number of pyridine rings is 1. The average molecular weight is 499 g/mol. The number of fused-ring (bicyclic) bond motifs is 9. The summed E-state index contributed by atoms with van der Waals surface area (Å²) >= 11 is 0. The lowest BCUT2D eigenvalue weighted by Crippen LogP contribution is -1.95. The van der Waals surface area contributed by atoms with Gasteiger partial charge in [0, 0.05) is 39.1 Å². The van der Waals surface area contributed by atoms with E-state index >= 15 is 0 Å². The molecule has 0 aliphatic heterocycles. The van der Waals surface area contributed by atoms with E-state index in [0.717, 1.165) is 22.4 Å². The number of rotatable bonds is 2. The minimum absolute atomic E-state index is 0.964. The molecule has 0 aliphatic rings. The van der Waals surface area contributed by atoms with Crippen molar-refractivity contribution in [3.63, 3.8) is 0 Å². The largest absolute Gasteiger partial charge is 0.309 e. The molecule has 4 heterocycles. The van der Waals surface area contributed by atoms with E-state index in [9.17, 15) is 0 Å². The first-order valence-electron chi connectivity index (χ1n) is 13.2. The first-order valence-corrected chi connectivity index (χ1v) is 13.2. The number of aromatic nitrogens is 4. The fourth-order valence-corrected chi connectivity index (χ4v) is 6.36. The van der Waals surface area contributed by atoms with Gasteiger partial charge in [0.1, 0.15) is 5.65 Å². The van der Waals surface area contributed by atoms with E-state index < -0.39 is 0 Å². The van der Waals surface area contributed by atoms with Gasteiger partial charge >= 0.3 is 0 Å². The Labute approximate surface area is 223 Å². The minimum Gasteiger partial charge on any atom is -0.309 e. The topological polar surface area (TPSA) is 27.2 Å². The van der Waals surface area contributed by atoms with Crippen LogP contribution in [0.5, 0.6) is 0 Å². The van der Waals surface area contributed by atoms with Gasteiger partial charge in [-0.3, -0.25) is 4.40 Å². The van der Waals surface area contributed by atoms with Crippen molar-refractivity contribution in [1.29, 1.82) is 0 Å². The lowest BCUT2D eigenvalue weighted by atomic mass is 10.1. The fraction of sp³-hybridized carbons (Fsp3) is 0. The summed E-state index contributed by atoms with van der Waals surface area (Å²) in [6.07, 6.45) is 2.09. The molecule has 4 nitrogen and oxygen atoms in total. The molecule has 0 unspecified atom stereocenters. The van der Waals surface area contributed by atoms with E-state index in [-0.39, 0.29) is 0 Å². The molecule has 0 atom stereocenters. The molecule has 4 aromatic heterocycles. The highest BCUT2D eigenvalue weighted by molar-refractivity contribution is 6.14. The molecule has 182 valence electrons. The number of hydrogen-bond donors (Lipinski definition) is 0. The van der Waals surface area contributed by atoms with Gasteiger partial charge in [-0.15, -0.1) is 0 Å². The lowest BCUT2D eigenvalue weighted by molar-refractivity contribution is 1.17. The van der Waals surface area contributed by atoms with Gasteiger partial charge in [-0.1, -0.05) is 60.7 Å². The third-order valence-electron chi connectivity index (χ3n) is 8.03. The van der Waals surface area contributed by atoms with Crippen molar-refractivity contribution < 1.29 is 0 Å². The van der Waals surface area contributed by atoms with Gasteiger partial charge in [-0.25, -0.2) is 4.98 Å². The number of benzene rings is 5. The Morgan fingerprint density at radius 1 is 0.410 bits per heavy atom. The molecule has 4 heteroatoms. The van der Waals surface area contributed by atoms with Crippen LogP contribution >= 0.6 is 0 Å². The van der Waals surface area contributed by atoms with Crippen LogP contribution in [0.4, 0.5) is 0 Å². The van der Waals surface area contributed by atoms with Gasteiger partial charge in [-0.2, -0.15) is 0 Å². The highest BCUT2D eigenvalue weighted by atomic mass is 15.0. The molecule has 0 fully saturated rings. The van der Waals surface area contributed by atoms with Crippen LogP contribution in [-0.2, 0) is 0 Å². The molecule has 0 spiro atoms. The van der Waals surface area contributed by atoms with Gasteiger partial charge in [0.2, 0.25) is 0 Å². The second kappa shape index (κ2) is 7.59. The van der Waals surface area contributed by atoms with Crippen molar-refractivity contribution in [2.75, 3.05) is 0 Å². The van der Waals surface area contributed by atoms with E-state index in [0.29, 0.717) is 0 Å². The third kappa shape index (κ3) is 2.80. The fourth-order valence-electron chi connectivity index (χ4n) is 6.36. The van der Waals surface area contributed by atoms with Crippen LogP contribution in [0.25, 0.3) is 71.7 Å². The molecule has 0 radical (unpaired) electrons. The molecule has 0 N–H and O–H groups in total. The maximum Gasteiger partial charge on any atom is 0.137 e. The van der Waals surface area contributed by atoms with Crippen LogP contribution in [0.3, 0.4) is 0 Å². The van der Waals surface area contributed by atoms with Gasteiger partial charge in [-0.05, 0) is 66.7 Å². The summed E-state index contributed by atoms with van der Waals surface area (Å²) in [5.41, 5.74) is 10.2. The molecule has 0 aliphatic carbocycles. The van der Waals surface area contributed by atoms with Crippen molar-refractivity contribution in [2.24, 2.45) is 0 Å². The van der Waals surface area contributed by atoms with Crippen LogP contribution in [-0.4, -0.2) is 18.5 Å². The van der Waals surface area contributed by atoms with Crippen LogP contribution in [0.2, 0.25) is 0 Å². The molecule has 0 amide bonds. The Balaban J connectivity index is 1.39. The predicted octanol–water partition coefficient (Wildman–Crippen LogP) is 8.68. The summed E-state index contributed by atoms with van der Waals surface area (Å²) in [6.45, 7) is 0. The third-order valence-corrected chi connectivity index (χ3v) is 8.03. The van der Waals surface area contributed by atoms with Gasteiger partial charge in [0.05, 0.1) is 33.1 Å². The molecule has 39 heavy (non-hydrogen) atoms. The van der Waals surface area contributed by atoms with Crippen LogP contribution in [0, 0.1) is 0 Å². The van der Waals surface area contributed by atoms with Gasteiger partial charge in [0.25, 0.3) is 0 Å². The lowest BCUT2D eigenvalue weighted by Gasteiger charge is -2.10. The summed E-state index contributed by atoms with van der Waals surface area (Å²) in [6, 6.07) is 45.6. The smallest absolute Gasteiger partial charge is 0.137 e. The quantitative estimate of drug-likeness (QED) is 0.234. The van der Waals surface area contributed by atoms with E-state index in [2.05, 4.69) is 141 Å². The second-order valence-corrected chi connectivity index (χ2v) is 10.1. The molecular weight excluding hydrogens is 476 g/mol. The van der Waals surface area contributed by atoms with Crippen LogP contribution in [0.15, 0.2) is 134 Å². The SMILES string of the molecule is c1ccc(-n2c3ccccc3c3cc(-n4c5ccccc5c5cc6c(cc54)nc4ccccn46)ccc32)cc1. The summed E-state index contributed by atoms with van der Waals surface area (Å²) in [5, 5.41) is 4.97. The first-order chi connectivity index (χ1) is 19.3. The number of imidazole rings is 1. The van der Waals surface area contributed by atoms with Crippen molar-refractivity contribution in [3.05, 3.63) is 134 Å². The van der Waals surface area contributed by atoms with E-state index in [1.54, 1.807) is 0 Å². The predicted molar refractivity (Wildman–Crippen MR) is 161 cm³/mol. The molecule has 5 aromatic carbocycles.